The highest BCUT2D eigenvalue weighted by atomic mass is 16.6. The number of aromatic nitrogens is 2. The maximum Gasteiger partial charge on any atom is 0.293 e. The number of nitrogens with zero attached hydrogens (tertiary/aromatic N) is 3. The molecule has 1 aliphatic rings. The Hall–Kier alpha value is -2.44. The van der Waals surface area contributed by atoms with Gasteiger partial charge in [0.2, 0.25) is 0 Å². The van der Waals surface area contributed by atoms with Gasteiger partial charge in [-0.25, -0.2) is 4.98 Å². The van der Waals surface area contributed by atoms with Gasteiger partial charge in [0.25, 0.3) is 11.2 Å². The number of nitrogens with one attached hydrogen (secondary N) is 1. The van der Waals surface area contributed by atoms with Crippen molar-refractivity contribution >= 4 is 22.3 Å². The fraction of sp³-hybridized carbons (Fsp3) is 0.467. The molecule has 116 valence electrons. The zero-order valence-corrected chi connectivity index (χ0v) is 12.4. The molecule has 3 rings (SSSR count). The Bertz CT molecular complexity index is 765. The second-order valence-electron chi connectivity index (χ2n) is 5.75. The lowest BCUT2D eigenvalue weighted by molar-refractivity contribution is -0.384. The fourth-order valence-corrected chi connectivity index (χ4v) is 3.19. The molecule has 0 aliphatic heterocycles. The molecule has 0 atom stereocenters. The maximum absolute atomic E-state index is 11.8. The SMILES string of the molecule is CN(c1cc2nc[nH]c(=O)c2cc1[N+](=O)[O-])C1CCCCC1. The molecule has 1 aromatic carbocycles. The monoisotopic (exact) mass is 302 g/mol. The van der Waals surface area contributed by atoms with Crippen LogP contribution < -0.4 is 10.5 Å². The number of aromatic amines is 1. The summed E-state index contributed by atoms with van der Waals surface area (Å²) in [5.41, 5.74) is 0.605. The Kier molecular flexibility index (Phi) is 3.79. The third-order valence-corrected chi connectivity index (χ3v) is 4.44. The summed E-state index contributed by atoms with van der Waals surface area (Å²) in [5.74, 6) is 0. The molecule has 0 radical (unpaired) electrons. The van der Waals surface area contributed by atoms with Gasteiger partial charge in [-0.15, -0.1) is 0 Å². The molecule has 0 spiro atoms. The molecule has 0 unspecified atom stereocenters. The average Bonchev–Trinajstić information content (AvgIpc) is 2.54. The zero-order valence-electron chi connectivity index (χ0n) is 12.4. The molecule has 1 N–H and O–H groups in total. The van der Waals surface area contributed by atoms with Crippen LogP contribution in [0.15, 0.2) is 23.3 Å². The predicted molar refractivity (Wildman–Crippen MR) is 84.3 cm³/mol. The molecule has 0 amide bonds. The van der Waals surface area contributed by atoms with E-state index in [-0.39, 0.29) is 16.6 Å². The average molecular weight is 302 g/mol. The van der Waals surface area contributed by atoms with Gasteiger partial charge in [0.15, 0.2) is 0 Å². The summed E-state index contributed by atoms with van der Waals surface area (Å²) >= 11 is 0. The molecular formula is C15H18N4O3. The number of nitro groups is 1. The lowest BCUT2D eigenvalue weighted by Crippen LogP contribution is -2.33. The number of fused-ring (bicyclic) bond motifs is 1. The highest BCUT2D eigenvalue weighted by Gasteiger charge is 2.25. The first-order chi connectivity index (χ1) is 10.6. The largest absolute Gasteiger partial charge is 0.366 e. The van der Waals surface area contributed by atoms with Crippen LogP contribution in [0.25, 0.3) is 10.9 Å². The quantitative estimate of drug-likeness (QED) is 0.695. The Morgan fingerprint density at radius 1 is 1.32 bits per heavy atom. The van der Waals surface area contributed by atoms with Gasteiger partial charge in [-0.05, 0) is 18.9 Å². The van der Waals surface area contributed by atoms with Crippen LogP contribution >= 0.6 is 0 Å². The lowest BCUT2D eigenvalue weighted by Gasteiger charge is -2.32. The van der Waals surface area contributed by atoms with Crippen LogP contribution in [0.5, 0.6) is 0 Å². The normalized spacial score (nSPS) is 15.9. The van der Waals surface area contributed by atoms with Gasteiger partial charge < -0.3 is 9.88 Å². The molecule has 1 fully saturated rings. The third kappa shape index (κ3) is 2.54. The van der Waals surface area contributed by atoms with Crippen LogP contribution in [0, 0.1) is 10.1 Å². The van der Waals surface area contributed by atoms with Gasteiger partial charge in [0, 0.05) is 19.2 Å². The summed E-state index contributed by atoms with van der Waals surface area (Å²) in [6.07, 6.45) is 6.91. The van der Waals surface area contributed by atoms with Crippen LogP contribution in [-0.2, 0) is 0 Å². The second-order valence-corrected chi connectivity index (χ2v) is 5.75. The molecule has 1 aromatic heterocycles. The van der Waals surface area contributed by atoms with Crippen LogP contribution in [0.4, 0.5) is 11.4 Å². The highest BCUT2D eigenvalue weighted by Crippen LogP contribution is 2.34. The van der Waals surface area contributed by atoms with Crippen LogP contribution in [0.3, 0.4) is 0 Å². The molecule has 22 heavy (non-hydrogen) atoms. The van der Waals surface area contributed by atoms with Crippen molar-refractivity contribution in [3.05, 3.63) is 38.9 Å². The summed E-state index contributed by atoms with van der Waals surface area (Å²) in [4.78, 5) is 31.3. The van der Waals surface area contributed by atoms with E-state index in [0.29, 0.717) is 17.2 Å². The molecule has 2 aromatic rings. The summed E-state index contributed by atoms with van der Waals surface area (Å²) in [7, 11) is 1.89. The van der Waals surface area contributed by atoms with E-state index in [1.807, 2.05) is 11.9 Å². The third-order valence-electron chi connectivity index (χ3n) is 4.44. The summed E-state index contributed by atoms with van der Waals surface area (Å²) < 4.78 is 0. The van der Waals surface area contributed by atoms with Crippen molar-refractivity contribution in [1.82, 2.24) is 9.97 Å². The predicted octanol–water partition coefficient (Wildman–Crippen LogP) is 2.60. The minimum atomic E-state index is -0.430. The van der Waals surface area contributed by atoms with Crippen molar-refractivity contribution in [2.45, 2.75) is 38.1 Å². The van der Waals surface area contributed by atoms with Crippen molar-refractivity contribution in [2.75, 3.05) is 11.9 Å². The number of hydrogen-bond acceptors (Lipinski definition) is 5. The number of nitro benzene ring substituents is 1. The van der Waals surface area contributed by atoms with E-state index in [9.17, 15) is 14.9 Å². The molecule has 0 saturated heterocycles. The van der Waals surface area contributed by atoms with Gasteiger partial charge >= 0.3 is 0 Å². The first-order valence-corrected chi connectivity index (χ1v) is 7.46. The molecule has 1 saturated carbocycles. The van der Waals surface area contributed by atoms with E-state index < -0.39 is 4.92 Å². The molecular weight excluding hydrogens is 284 g/mol. The molecule has 1 heterocycles. The Morgan fingerprint density at radius 2 is 2.05 bits per heavy atom. The number of benzene rings is 1. The van der Waals surface area contributed by atoms with Gasteiger partial charge in [0.1, 0.15) is 5.69 Å². The molecule has 1 aliphatic carbocycles. The van der Waals surface area contributed by atoms with Crippen LogP contribution in [0.2, 0.25) is 0 Å². The Labute approximate surface area is 127 Å². The minimum absolute atomic E-state index is 0.0425. The summed E-state index contributed by atoms with van der Waals surface area (Å²) in [6, 6.07) is 3.28. The van der Waals surface area contributed by atoms with Gasteiger partial charge in [-0.1, -0.05) is 19.3 Å². The standard InChI is InChI=1S/C15H18N4O3/c1-18(10-5-3-2-4-6-10)13-8-12-11(7-14(13)19(21)22)15(20)17-9-16-12/h7-10H,2-6H2,1H3,(H,16,17,20). The van der Waals surface area contributed by atoms with E-state index in [0.717, 1.165) is 25.7 Å². The number of H-pyrrole nitrogens is 1. The van der Waals surface area contributed by atoms with E-state index in [4.69, 9.17) is 0 Å². The number of rotatable bonds is 3. The van der Waals surface area contributed by atoms with Crippen LogP contribution in [-0.4, -0.2) is 28.0 Å². The second kappa shape index (κ2) is 5.75. The smallest absolute Gasteiger partial charge is 0.293 e. The van der Waals surface area contributed by atoms with Crippen molar-refractivity contribution in [3.8, 4) is 0 Å². The Morgan fingerprint density at radius 3 is 2.73 bits per heavy atom. The first kappa shape index (κ1) is 14.5. The van der Waals surface area contributed by atoms with Crippen molar-refractivity contribution in [1.29, 1.82) is 0 Å². The first-order valence-electron chi connectivity index (χ1n) is 7.46. The van der Waals surface area contributed by atoms with Crippen LogP contribution in [0.1, 0.15) is 32.1 Å². The minimum Gasteiger partial charge on any atom is -0.366 e. The zero-order chi connectivity index (χ0) is 15.7. The Balaban J connectivity index is 2.12. The molecule has 7 nitrogen and oxygen atoms in total. The summed E-state index contributed by atoms with van der Waals surface area (Å²) in [6.45, 7) is 0. The molecule has 0 bridgehead atoms. The highest BCUT2D eigenvalue weighted by molar-refractivity contribution is 5.87. The van der Waals surface area contributed by atoms with E-state index in [1.165, 1.54) is 18.8 Å². The van der Waals surface area contributed by atoms with Crippen molar-refractivity contribution < 1.29 is 4.92 Å². The van der Waals surface area contributed by atoms with Crippen molar-refractivity contribution in [2.24, 2.45) is 0 Å². The lowest BCUT2D eigenvalue weighted by atomic mass is 9.94. The fourth-order valence-electron chi connectivity index (χ4n) is 3.19. The maximum atomic E-state index is 11.8. The van der Waals surface area contributed by atoms with E-state index >= 15 is 0 Å². The van der Waals surface area contributed by atoms with Gasteiger partial charge in [-0.2, -0.15) is 0 Å². The summed E-state index contributed by atoms with van der Waals surface area (Å²) in [5, 5.41) is 11.7. The van der Waals surface area contributed by atoms with E-state index in [2.05, 4.69) is 9.97 Å². The number of hydrogen-bond donors (Lipinski definition) is 1. The van der Waals surface area contributed by atoms with E-state index in [1.54, 1.807) is 6.07 Å². The van der Waals surface area contributed by atoms with Gasteiger partial charge in [-0.3, -0.25) is 14.9 Å². The topological polar surface area (TPSA) is 92.1 Å². The van der Waals surface area contributed by atoms with Crippen molar-refractivity contribution in [3.63, 3.8) is 0 Å². The number of anilines is 1. The molecule has 7 heteroatoms. The van der Waals surface area contributed by atoms with Gasteiger partial charge in [0.05, 0.1) is 22.2 Å².